The van der Waals surface area contributed by atoms with Gasteiger partial charge >= 0.3 is 0 Å². The number of rotatable bonds is 6. The number of amides is 1. The van der Waals surface area contributed by atoms with Crippen LogP contribution in [0.3, 0.4) is 0 Å². The van der Waals surface area contributed by atoms with E-state index in [9.17, 15) is 4.79 Å². The number of carbonyl (C=O) groups excluding carboxylic acids is 1. The highest BCUT2D eigenvalue weighted by molar-refractivity contribution is 5.94. The van der Waals surface area contributed by atoms with Crippen molar-refractivity contribution in [3.8, 4) is 0 Å². The lowest BCUT2D eigenvalue weighted by Crippen LogP contribution is -2.49. The zero-order chi connectivity index (χ0) is 16.8. The number of hydrogen-bond acceptors (Lipinski definition) is 3. The van der Waals surface area contributed by atoms with E-state index in [2.05, 4.69) is 37.8 Å². The highest BCUT2D eigenvalue weighted by atomic mass is 16.5. The Morgan fingerprint density at radius 3 is 2.39 bits per heavy atom. The van der Waals surface area contributed by atoms with Crippen LogP contribution in [0, 0.1) is 12.8 Å². The first-order chi connectivity index (χ1) is 11.0. The van der Waals surface area contributed by atoms with E-state index in [1.165, 1.54) is 5.56 Å². The van der Waals surface area contributed by atoms with Crippen molar-refractivity contribution in [2.24, 2.45) is 5.92 Å². The SMILES string of the molecule is COCC(=O)N(c1ccc(C)cc1)C1CCN(CC(C)C)CC1. The van der Waals surface area contributed by atoms with E-state index in [-0.39, 0.29) is 18.6 Å². The van der Waals surface area contributed by atoms with E-state index in [1.54, 1.807) is 7.11 Å². The minimum Gasteiger partial charge on any atom is -0.375 e. The molecule has 23 heavy (non-hydrogen) atoms. The van der Waals surface area contributed by atoms with Gasteiger partial charge in [0.2, 0.25) is 0 Å². The Hall–Kier alpha value is -1.39. The second-order valence-electron chi connectivity index (χ2n) is 6.96. The minimum absolute atomic E-state index is 0.0543. The second kappa shape index (κ2) is 8.46. The molecule has 0 atom stereocenters. The summed E-state index contributed by atoms with van der Waals surface area (Å²) in [6.07, 6.45) is 2.05. The third-order valence-electron chi connectivity index (χ3n) is 4.39. The van der Waals surface area contributed by atoms with E-state index in [1.807, 2.05) is 17.0 Å². The number of ether oxygens (including phenoxy) is 1. The summed E-state index contributed by atoms with van der Waals surface area (Å²) < 4.78 is 5.09. The maximum absolute atomic E-state index is 12.6. The number of piperidine rings is 1. The van der Waals surface area contributed by atoms with Gasteiger partial charge in [-0.15, -0.1) is 0 Å². The first-order valence-corrected chi connectivity index (χ1v) is 8.61. The van der Waals surface area contributed by atoms with Gasteiger partial charge in [0.25, 0.3) is 5.91 Å². The van der Waals surface area contributed by atoms with Crippen molar-refractivity contribution >= 4 is 11.6 Å². The van der Waals surface area contributed by atoms with Crippen LogP contribution in [0.2, 0.25) is 0 Å². The van der Waals surface area contributed by atoms with Gasteiger partial charge in [-0.2, -0.15) is 0 Å². The predicted molar refractivity (Wildman–Crippen MR) is 94.8 cm³/mol. The maximum atomic E-state index is 12.6. The van der Waals surface area contributed by atoms with Gasteiger partial charge in [-0.05, 0) is 37.8 Å². The molecule has 0 N–H and O–H groups in total. The van der Waals surface area contributed by atoms with Crippen molar-refractivity contribution in [3.63, 3.8) is 0 Å². The molecule has 1 aromatic carbocycles. The van der Waals surface area contributed by atoms with Gasteiger partial charge in [-0.1, -0.05) is 31.5 Å². The first kappa shape index (κ1) is 18.0. The lowest BCUT2D eigenvalue weighted by molar-refractivity contribution is -0.122. The number of nitrogens with zero attached hydrogens (tertiary/aromatic N) is 2. The van der Waals surface area contributed by atoms with Crippen molar-refractivity contribution in [1.29, 1.82) is 0 Å². The van der Waals surface area contributed by atoms with E-state index in [0.29, 0.717) is 5.92 Å². The fourth-order valence-electron chi connectivity index (χ4n) is 3.33. The molecule has 4 nitrogen and oxygen atoms in total. The van der Waals surface area contributed by atoms with Crippen LogP contribution in [0.4, 0.5) is 5.69 Å². The van der Waals surface area contributed by atoms with Crippen LogP contribution < -0.4 is 4.90 Å². The average molecular weight is 318 g/mol. The molecule has 0 aromatic heterocycles. The Morgan fingerprint density at radius 1 is 1.26 bits per heavy atom. The fourth-order valence-corrected chi connectivity index (χ4v) is 3.33. The van der Waals surface area contributed by atoms with Crippen molar-refractivity contribution < 1.29 is 9.53 Å². The third-order valence-corrected chi connectivity index (χ3v) is 4.39. The lowest BCUT2D eigenvalue weighted by Gasteiger charge is -2.39. The van der Waals surface area contributed by atoms with Crippen molar-refractivity contribution in [3.05, 3.63) is 29.8 Å². The molecule has 1 heterocycles. The molecule has 128 valence electrons. The largest absolute Gasteiger partial charge is 0.375 e. The number of carbonyl (C=O) groups is 1. The molecule has 0 unspecified atom stereocenters. The summed E-state index contributed by atoms with van der Waals surface area (Å²) in [5.74, 6) is 0.744. The number of hydrogen-bond donors (Lipinski definition) is 0. The second-order valence-corrected chi connectivity index (χ2v) is 6.96. The van der Waals surface area contributed by atoms with Gasteiger partial charge in [0.05, 0.1) is 0 Å². The smallest absolute Gasteiger partial charge is 0.253 e. The maximum Gasteiger partial charge on any atom is 0.253 e. The average Bonchev–Trinajstić information content (AvgIpc) is 2.51. The number of benzene rings is 1. The van der Waals surface area contributed by atoms with Crippen LogP contribution in [0.25, 0.3) is 0 Å². The third kappa shape index (κ3) is 5.05. The Morgan fingerprint density at radius 2 is 1.87 bits per heavy atom. The molecular formula is C19H30N2O2. The number of likely N-dealkylation sites (tertiary alicyclic amines) is 1. The van der Waals surface area contributed by atoms with Crippen LogP contribution in [0.5, 0.6) is 0 Å². The van der Waals surface area contributed by atoms with Crippen LogP contribution in [0.15, 0.2) is 24.3 Å². The Bertz CT molecular complexity index is 491. The molecule has 0 bridgehead atoms. The predicted octanol–water partition coefficient (Wildman–Crippen LogP) is 3.09. The van der Waals surface area contributed by atoms with Gasteiger partial charge in [0, 0.05) is 38.5 Å². The lowest BCUT2D eigenvalue weighted by atomic mass is 10.0. The van der Waals surface area contributed by atoms with E-state index in [4.69, 9.17) is 4.74 Å². The molecule has 1 aliphatic rings. The van der Waals surface area contributed by atoms with Gasteiger partial charge < -0.3 is 14.5 Å². The summed E-state index contributed by atoms with van der Waals surface area (Å²) in [6, 6.07) is 8.49. The molecule has 0 aliphatic carbocycles. The molecule has 0 spiro atoms. The van der Waals surface area contributed by atoms with Gasteiger partial charge in [-0.25, -0.2) is 0 Å². The van der Waals surface area contributed by atoms with Gasteiger partial charge in [0.15, 0.2) is 0 Å². The van der Waals surface area contributed by atoms with Crippen molar-refractivity contribution in [2.45, 2.75) is 39.7 Å². The van der Waals surface area contributed by atoms with Crippen molar-refractivity contribution in [2.75, 3.05) is 38.3 Å². The fraction of sp³-hybridized carbons (Fsp3) is 0.632. The Kier molecular flexibility index (Phi) is 6.60. The molecule has 1 aromatic rings. The highest BCUT2D eigenvalue weighted by Gasteiger charge is 2.29. The first-order valence-electron chi connectivity index (χ1n) is 8.61. The van der Waals surface area contributed by atoms with Gasteiger partial charge in [0.1, 0.15) is 6.61 Å². The normalized spacial score (nSPS) is 16.7. The Balaban J connectivity index is 2.09. The molecule has 4 heteroatoms. The highest BCUT2D eigenvalue weighted by Crippen LogP contribution is 2.25. The molecule has 2 rings (SSSR count). The molecule has 1 amide bonds. The standard InChI is InChI=1S/C19H30N2O2/c1-15(2)13-20-11-9-18(10-12-20)21(19(22)14-23-4)17-7-5-16(3)6-8-17/h5-8,15,18H,9-14H2,1-4H3. The van der Waals surface area contributed by atoms with Crippen LogP contribution in [0.1, 0.15) is 32.3 Å². The van der Waals surface area contributed by atoms with E-state index in [0.717, 1.165) is 38.2 Å². The summed E-state index contributed by atoms with van der Waals surface area (Å²) in [5.41, 5.74) is 2.19. The Labute approximate surface area is 140 Å². The monoisotopic (exact) mass is 318 g/mol. The number of anilines is 1. The molecule has 0 radical (unpaired) electrons. The zero-order valence-corrected chi connectivity index (χ0v) is 14.9. The summed E-state index contributed by atoms with van der Waals surface area (Å²) in [5, 5.41) is 0. The molecular weight excluding hydrogens is 288 g/mol. The van der Waals surface area contributed by atoms with Crippen LogP contribution >= 0.6 is 0 Å². The quantitative estimate of drug-likeness (QED) is 0.808. The van der Waals surface area contributed by atoms with Gasteiger partial charge in [-0.3, -0.25) is 4.79 Å². The molecule has 0 saturated carbocycles. The number of aryl methyl sites for hydroxylation is 1. The topological polar surface area (TPSA) is 32.8 Å². The number of methoxy groups -OCH3 is 1. The molecule has 1 saturated heterocycles. The van der Waals surface area contributed by atoms with Crippen molar-refractivity contribution in [1.82, 2.24) is 4.90 Å². The summed E-state index contributed by atoms with van der Waals surface area (Å²) in [6.45, 7) is 9.98. The summed E-state index contributed by atoms with van der Waals surface area (Å²) in [7, 11) is 1.58. The molecule has 1 fully saturated rings. The van der Waals surface area contributed by atoms with Crippen LogP contribution in [-0.2, 0) is 9.53 Å². The van der Waals surface area contributed by atoms with Crippen LogP contribution in [-0.4, -0.2) is 50.2 Å². The summed E-state index contributed by atoms with van der Waals surface area (Å²) in [4.78, 5) is 17.0. The minimum atomic E-state index is 0.0543. The molecule has 1 aliphatic heterocycles. The van der Waals surface area contributed by atoms with E-state index < -0.39 is 0 Å². The summed E-state index contributed by atoms with van der Waals surface area (Å²) >= 11 is 0. The zero-order valence-electron chi connectivity index (χ0n) is 14.9. The van der Waals surface area contributed by atoms with E-state index >= 15 is 0 Å².